The molecule has 0 saturated carbocycles. The molecule has 0 aliphatic carbocycles. The van der Waals surface area contributed by atoms with Crippen LogP contribution in [0.4, 0.5) is 13.2 Å². The van der Waals surface area contributed by atoms with Crippen molar-refractivity contribution in [2.75, 3.05) is 0 Å². The van der Waals surface area contributed by atoms with Crippen LogP contribution in [-0.4, -0.2) is 14.8 Å². The van der Waals surface area contributed by atoms with Crippen molar-refractivity contribution in [1.29, 1.82) is 0 Å². The maximum Gasteiger partial charge on any atom is 0.265 e. The summed E-state index contributed by atoms with van der Waals surface area (Å²) in [5.74, 6) is -2.87. The van der Waals surface area contributed by atoms with E-state index in [0.29, 0.717) is 0 Å². The fraction of sp³-hybridized carbons (Fsp3) is 0. The van der Waals surface area contributed by atoms with Crippen molar-refractivity contribution >= 4 is 0 Å². The molecule has 2 aromatic heterocycles. The van der Waals surface area contributed by atoms with Crippen LogP contribution in [0.2, 0.25) is 0 Å². The molecule has 0 aliphatic rings. The maximum atomic E-state index is 13.8. The van der Waals surface area contributed by atoms with E-state index < -0.39 is 23.0 Å². The number of benzene rings is 1. The minimum absolute atomic E-state index is 0.140. The minimum atomic E-state index is -1.06. The average molecular weight is 291 g/mol. The highest BCUT2D eigenvalue weighted by Gasteiger charge is 2.14. The van der Waals surface area contributed by atoms with Gasteiger partial charge in [0, 0.05) is 17.8 Å². The minimum Gasteiger partial charge on any atom is -0.268 e. The van der Waals surface area contributed by atoms with E-state index in [2.05, 4.69) is 10.1 Å². The summed E-state index contributed by atoms with van der Waals surface area (Å²) in [6.45, 7) is 0. The zero-order valence-corrected chi connectivity index (χ0v) is 10.5. The first-order valence-electron chi connectivity index (χ1n) is 5.94. The van der Waals surface area contributed by atoms with Crippen LogP contribution in [0.15, 0.2) is 47.4 Å². The summed E-state index contributed by atoms with van der Waals surface area (Å²) in [6.07, 6.45) is 1.35. The zero-order chi connectivity index (χ0) is 15.0. The first-order valence-corrected chi connectivity index (χ1v) is 5.94. The Morgan fingerprint density at radius 1 is 1.00 bits per heavy atom. The molecule has 0 bridgehead atoms. The summed E-state index contributed by atoms with van der Waals surface area (Å²) in [6, 6.07) is 6.88. The standard InChI is InChI=1S/C14H8F3N3O/c15-9-4-3-8(6-11(9)17)12-7-13(21)19-20(12)14-10(16)2-1-5-18-14/h1-7H,(H,19,21). The highest BCUT2D eigenvalue weighted by Crippen LogP contribution is 2.23. The summed E-state index contributed by atoms with van der Waals surface area (Å²) in [7, 11) is 0. The van der Waals surface area contributed by atoms with Gasteiger partial charge < -0.3 is 0 Å². The Labute approximate surface area is 116 Å². The van der Waals surface area contributed by atoms with Gasteiger partial charge in [0.15, 0.2) is 23.3 Å². The normalized spacial score (nSPS) is 10.8. The van der Waals surface area contributed by atoms with Gasteiger partial charge in [-0.3, -0.25) is 9.89 Å². The molecule has 1 N–H and O–H groups in total. The molecule has 0 aliphatic heterocycles. The number of nitrogens with one attached hydrogen (secondary N) is 1. The molecule has 7 heteroatoms. The van der Waals surface area contributed by atoms with Gasteiger partial charge in [0.25, 0.3) is 5.56 Å². The molecular weight excluding hydrogens is 283 g/mol. The SMILES string of the molecule is O=c1cc(-c2ccc(F)c(F)c2)n(-c2ncccc2F)[nH]1. The third-order valence-corrected chi connectivity index (χ3v) is 2.90. The van der Waals surface area contributed by atoms with E-state index in [1.807, 2.05) is 0 Å². The fourth-order valence-corrected chi connectivity index (χ4v) is 1.97. The second kappa shape index (κ2) is 4.93. The Balaban J connectivity index is 2.23. The Bertz CT molecular complexity index is 870. The lowest BCUT2D eigenvalue weighted by Crippen LogP contribution is -2.08. The molecular formula is C14H8F3N3O. The highest BCUT2D eigenvalue weighted by molar-refractivity contribution is 5.61. The molecule has 4 nitrogen and oxygen atoms in total. The molecule has 3 aromatic rings. The predicted molar refractivity (Wildman–Crippen MR) is 69.5 cm³/mol. The lowest BCUT2D eigenvalue weighted by molar-refractivity contribution is 0.509. The molecule has 0 saturated heterocycles. The molecule has 0 amide bonds. The lowest BCUT2D eigenvalue weighted by Gasteiger charge is -2.08. The van der Waals surface area contributed by atoms with Crippen molar-refractivity contribution in [2.24, 2.45) is 0 Å². The molecule has 0 spiro atoms. The molecule has 0 unspecified atom stereocenters. The average Bonchev–Trinajstić information content (AvgIpc) is 2.84. The van der Waals surface area contributed by atoms with E-state index in [0.717, 1.165) is 22.9 Å². The first kappa shape index (κ1) is 13.2. The van der Waals surface area contributed by atoms with Gasteiger partial charge in [-0.05, 0) is 30.3 Å². The fourth-order valence-electron chi connectivity index (χ4n) is 1.97. The maximum absolute atomic E-state index is 13.8. The van der Waals surface area contributed by atoms with E-state index in [1.165, 1.54) is 24.4 Å². The Morgan fingerprint density at radius 2 is 1.81 bits per heavy atom. The number of aromatic amines is 1. The van der Waals surface area contributed by atoms with Crippen LogP contribution in [0, 0.1) is 17.5 Å². The number of hydrogen-bond acceptors (Lipinski definition) is 2. The highest BCUT2D eigenvalue weighted by atomic mass is 19.2. The van der Waals surface area contributed by atoms with Crippen molar-refractivity contribution < 1.29 is 13.2 Å². The van der Waals surface area contributed by atoms with Gasteiger partial charge in [-0.2, -0.15) is 0 Å². The van der Waals surface area contributed by atoms with Crippen LogP contribution in [0.25, 0.3) is 17.1 Å². The van der Waals surface area contributed by atoms with E-state index in [9.17, 15) is 18.0 Å². The summed E-state index contributed by atoms with van der Waals surface area (Å²) in [5.41, 5.74) is -0.117. The molecule has 3 rings (SSSR count). The number of halogens is 3. The van der Waals surface area contributed by atoms with E-state index in [1.54, 1.807) is 0 Å². The largest absolute Gasteiger partial charge is 0.268 e. The lowest BCUT2D eigenvalue weighted by atomic mass is 10.1. The van der Waals surface area contributed by atoms with Gasteiger partial charge in [0.05, 0.1) is 5.69 Å². The quantitative estimate of drug-likeness (QED) is 0.789. The van der Waals surface area contributed by atoms with Crippen LogP contribution in [-0.2, 0) is 0 Å². The van der Waals surface area contributed by atoms with Crippen LogP contribution in [0.1, 0.15) is 0 Å². The summed E-state index contributed by atoms with van der Waals surface area (Å²) < 4.78 is 41.2. The number of H-pyrrole nitrogens is 1. The number of aromatic nitrogens is 3. The number of rotatable bonds is 2. The third kappa shape index (κ3) is 2.33. The topological polar surface area (TPSA) is 50.7 Å². The number of nitrogens with zero attached hydrogens (tertiary/aromatic N) is 2. The van der Waals surface area contributed by atoms with Gasteiger partial charge >= 0.3 is 0 Å². The Kier molecular flexibility index (Phi) is 3.09. The first-order chi connectivity index (χ1) is 10.1. The van der Waals surface area contributed by atoms with Crippen molar-refractivity contribution in [1.82, 2.24) is 14.8 Å². The predicted octanol–water partition coefficient (Wildman–Crippen LogP) is 2.64. The zero-order valence-electron chi connectivity index (χ0n) is 10.5. The molecule has 2 heterocycles. The second-order valence-electron chi connectivity index (χ2n) is 4.28. The van der Waals surface area contributed by atoms with Crippen molar-refractivity contribution in [3.63, 3.8) is 0 Å². The van der Waals surface area contributed by atoms with Crippen LogP contribution >= 0.6 is 0 Å². The second-order valence-corrected chi connectivity index (χ2v) is 4.28. The monoisotopic (exact) mass is 291 g/mol. The van der Waals surface area contributed by atoms with Crippen LogP contribution in [0.5, 0.6) is 0 Å². The molecule has 106 valence electrons. The van der Waals surface area contributed by atoms with Crippen molar-refractivity contribution in [3.05, 3.63) is 70.4 Å². The van der Waals surface area contributed by atoms with Crippen LogP contribution in [0.3, 0.4) is 0 Å². The van der Waals surface area contributed by atoms with E-state index in [-0.39, 0.29) is 17.1 Å². The van der Waals surface area contributed by atoms with Gasteiger partial charge in [-0.15, -0.1) is 0 Å². The van der Waals surface area contributed by atoms with Crippen molar-refractivity contribution in [3.8, 4) is 17.1 Å². The smallest absolute Gasteiger partial charge is 0.265 e. The Hall–Kier alpha value is -2.83. The van der Waals surface area contributed by atoms with Gasteiger partial charge in [0.2, 0.25) is 0 Å². The third-order valence-electron chi connectivity index (χ3n) is 2.90. The molecule has 1 aromatic carbocycles. The summed E-state index contributed by atoms with van der Waals surface area (Å²) in [5, 5.41) is 2.38. The van der Waals surface area contributed by atoms with Gasteiger partial charge in [-0.1, -0.05) is 0 Å². The number of pyridine rings is 1. The molecule has 21 heavy (non-hydrogen) atoms. The van der Waals surface area contributed by atoms with E-state index in [4.69, 9.17) is 0 Å². The molecule has 0 atom stereocenters. The van der Waals surface area contributed by atoms with Crippen molar-refractivity contribution in [2.45, 2.75) is 0 Å². The molecule has 0 radical (unpaired) electrons. The Morgan fingerprint density at radius 3 is 2.52 bits per heavy atom. The number of hydrogen-bond donors (Lipinski definition) is 1. The summed E-state index contributed by atoms with van der Waals surface area (Å²) in [4.78, 5) is 15.4. The van der Waals surface area contributed by atoms with Crippen LogP contribution < -0.4 is 5.56 Å². The molecule has 0 fully saturated rings. The van der Waals surface area contributed by atoms with Gasteiger partial charge in [-0.25, -0.2) is 22.8 Å². The van der Waals surface area contributed by atoms with Gasteiger partial charge in [0.1, 0.15) is 0 Å². The summed E-state index contributed by atoms with van der Waals surface area (Å²) >= 11 is 0. The van der Waals surface area contributed by atoms with E-state index >= 15 is 0 Å².